The summed E-state index contributed by atoms with van der Waals surface area (Å²) in [5.74, 6) is -6.53. The molecule has 0 bridgehead atoms. The molecule has 4 atom stereocenters. The number of hydrogen-bond donors (Lipinski definition) is 9. The zero-order valence-electron chi connectivity index (χ0n) is 20.6. The highest BCUT2D eigenvalue weighted by Gasteiger charge is 2.31. The van der Waals surface area contributed by atoms with Crippen LogP contribution >= 0.6 is 0 Å². The molecular weight excluding hydrogens is 504 g/mol. The van der Waals surface area contributed by atoms with E-state index >= 15 is 0 Å². The number of aliphatic carboxylic acids is 2. The molecule has 0 aliphatic heterocycles. The fourth-order valence-corrected chi connectivity index (χ4v) is 3.34. The molecule has 0 aromatic heterocycles. The Bertz CT molecular complexity index is 1000. The molecule has 4 unspecified atom stereocenters. The highest BCUT2D eigenvalue weighted by molar-refractivity contribution is 5.95. The maximum atomic E-state index is 13.1. The van der Waals surface area contributed by atoms with Crippen LogP contribution in [0.15, 0.2) is 24.3 Å². The maximum absolute atomic E-state index is 13.1. The van der Waals surface area contributed by atoms with E-state index in [-0.39, 0.29) is 18.6 Å². The number of benzene rings is 1. The average Bonchev–Trinajstić information content (AvgIpc) is 2.82. The molecule has 1 aromatic rings. The molecule has 1 rings (SSSR count). The van der Waals surface area contributed by atoms with Gasteiger partial charge < -0.3 is 48.5 Å². The van der Waals surface area contributed by atoms with E-state index in [0.717, 1.165) is 0 Å². The molecule has 0 fully saturated rings. The van der Waals surface area contributed by atoms with Gasteiger partial charge in [-0.3, -0.25) is 24.0 Å². The lowest BCUT2D eigenvalue weighted by Gasteiger charge is -2.25. The number of primary amides is 1. The summed E-state index contributed by atoms with van der Waals surface area (Å²) < 4.78 is 0. The quantitative estimate of drug-likeness (QED) is 0.0918. The molecule has 0 aliphatic rings. The minimum atomic E-state index is -1.66. The van der Waals surface area contributed by atoms with E-state index in [0.29, 0.717) is 24.9 Å². The van der Waals surface area contributed by atoms with Crippen molar-refractivity contribution in [1.29, 1.82) is 0 Å². The first-order chi connectivity index (χ1) is 17.8. The van der Waals surface area contributed by atoms with Gasteiger partial charge in [0.05, 0.1) is 18.9 Å². The number of carboxylic acid groups (broad SMARTS) is 2. The molecule has 15 nitrogen and oxygen atoms in total. The van der Waals surface area contributed by atoms with Crippen molar-refractivity contribution in [1.82, 2.24) is 16.0 Å². The van der Waals surface area contributed by atoms with Crippen LogP contribution in [-0.4, -0.2) is 81.6 Å². The van der Waals surface area contributed by atoms with Crippen LogP contribution in [0.25, 0.3) is 0 Å². The lowest BCUT2D eigenvalue weighted by molar-refractivity contribution is -0.143. The number of carboxylic acids is 2. The smallest absolute Gasteiger partial charge is 0.326 e. The number of carbonyl (C=O) groups excluding carboxylic acids is 4. The summed E-state index contributed by atoms with van der Waals surface area (Å²) in [6.07, 6.45) is -0.529. The molecule has 12 N–H and O–H groups in total. The van der Waals surface area contributed by atoms with Crippen molar-refractivity contribution in [2.24, 2.45) is 17.2 Å². The lowest BCUT2D eigenvalue weighted by Crippen LogP contribution is -2.58. The summed E-state index contributed by atoms with van der Waals surface area (Å²) in [6.45, 7) is 0.309. The second-order valence-corrected chi connectivity index (χ2v) is 8.55. The van der Waals surface area contributed by atoms with E-state index in [4.69, 9.17) is 22.3 Å². The van der Waals surface area contributed by atoms with Crippen molar-refractivity contribution < 1.29 is 44.1 Å². The van der Waals surface area contributed by atoms with E-state index in [2.05, 4.69) is 16.0 Å². The molecule has 1 aromatic carbocycles. The largest absolute Gasteiger partial charge is 0.508 e. The summed E-state index contributed by atoms with van der Waals surface area (Å²) in [5.41, 5.74) is 16.6. The molecular formula is C23H34N6O9. The van der Waals surface area contributed by atoms with E-state index in [1.807, 2.05) is 0 Å². The number of nitrogens with one attached hydrogen (secondary N) is 3. The summed E-state index contributed by atoms with van der Waals surface area (Å²) in [7, 11) is 0. The second-order valence-electron chi connectivity index (χ2n) is 8.55. The summed E-state index contributed by atoms with van der Waals surface area (Å²) in [6, 6.07) is -0.0332. The Morgan fingerprint density at radius 3 is 1.87 bits per heavy atom. The number of phenolic OH excluding ortho intramolecular Hbond substituents is 1. The molecule has 210 valence electrons. The van der Waals surface area contributed by atoms with Gasteiger partial charge in [-0.1, -0.05) is 12.1 Å². The third-order valence-electron chi connectivity index (χ3n) is 5.34. The Morgan fingerprint density at radius 2 is 1.34 bits per heavy atom. The monoisotopic (exact) mass is 538 g/mol. The van der Waals surface area contributed by atoms with Crippen molar-refractivity contribution in [3.05, 3.63) is 29.8 Å². The zero-order chi connectivity index (χ0) is 28.8. The fourth-order valence-electron chi connectivity index (χ4n) is 3.34. The van der Waals surface area contributed by atoms with Gasteiger partial charge in [0.2, 0.25) is 23.6 Å². The number of rotatable bonds is 17. The standard InChI is InChI=1S/C23H34N6O9/c24-8-2-1-3-15(27-20(34)14(25)10-19(32)33)21(35)28-16(9-12-4-6-13(30)7-5-12)22(36)29-17(23(37)38)11-18(26)31/h4-7,14-17,30H,1-3,8-11,24-25H2,(H2,26,31)(H,27,34)(H,28,35)(H,29,36)(H,32,33)(H,37,38). The second kappa shape index (κ2) is 15.8. The number of phenols is 1. The zero-order valence-corrected chi connectivity index (χ0v) is 20.6. The van der Waals surface area contributed by atoms with Crippen molar-refractivity contribution in [3.8, 4) is 5.75 Å². The molecule has 0 radical (unpaired) electrons. The predicted molar refractivity (Wildman–Crippen MR) is 132 cm³/mol. The van der Waals surface area contributed by atoms with Crippen LogP contribution in [-0.2, 0) is 35.2 Å². The van der Waals surface area contributed by atoms with Crippen LogP contribution in [0, 0.1) is 0 Å². The van der Waals surface area contributed by atoms with Crippen LogP contribution in [0.1, 0.15) is 37.7 Å². The van der Waals surface area contributed by atoms with Crippen molar-refractivity contribution in [3.63, 3.8) is 0 Å². The molecule has 0 saturated carbocycles. The highest BCUT2D eigenvalue weighted by atomic mass is 16.4. The fraction of sp³-hybridized carbons (Fsp3) is 0.478. The number of amides is 4. The first-order valence-electron chi connectivity index (χ1n) is 11.7. The summed E-state index contributed by atoms with van der Waals surface area (Å²) in [4.78, 5) is 72.1. The molecule has 0 spiro atoms. The third kappa shape index (κ3) is 11.7. The van der Waals surface area contributed by atoms with Gasteiger partial charge in [-0.15, -0.1) is 0 Å². The van der Waals surface area contributed by atoms with Gasteiger partial charge in [0, 0.05) is 6.42 Å². The Hall–Kier alpha value is -4.24. The van der Waals surface area contributed by atoms with Gasteiger partial charge in [-0.2, -0.15) is 0 Å². The number of nitrogens with two attached hydrogens (primary N) is 3. The van der Waals surface area contributed by atoms with Gasteiger partial charge in [-0.05, 0) is 43.5 Å². The average molecular weight is 539 g/mol. The molecule has 15 heteroatoms. The SMILES string of the molecule is NCCCCC(NC(=O)C(N)CC(=O)O)C(=O)NC(Cc1ccc(O)cc1)C(=O)NC(CC(N)=O)C(=O)O. The van der Waals surface area contributed by atoms with Gasteiger partial charge in [-0.25, -0.2) is 4.79 Å². The summed E-state index contributed by atoms with van der Waals surface area (Å²) >= 11 is 0. The van der Waals surface area contributed by atoms with Gasteiger partial charge in [0.1, 0.15) is 23.9 Å². The van der Waals surface area contributed by atoms with Crippen LogP contribution in [0.3, 0.4) is 0 Å². The highest BCUT2D eigenvalue weighted by Crippen LogP contribution is 2.12. The Balaban J connectivity index is 3.17. The molecule has 0 heterocycles. The van der Waals surface area contributed by atoms with E-state index in [1.165, 1.54) is 24.3 Å². The normalized spacial score (nSPS) is 13.8. The molecule has 38 heavy (non-hydrogen) atoms. The Kier molecular flexibility index (Phi) is 13.2. The first kappa shape index (κ1) is 31.8. The predicted octanol–water partition coefficient (Wildman–Crippen LogP) is -2.72. The lowest BCUT2D eigenvalue weighted by atomic mass is 10.0. The van der Waals surface area contributed by atoms with E-state index in [9.17, 15) is 39.0 Å². The van der Waals surface area contributed by atoms with Crippen molar-refractivity contribution in [2.45, 2.75) is 62.7 Å². The minimum Gasteiger partial charge on any atom is -0.508 e. The first-order valence-corrected chi connectivity index (χ1v) is 11.7. The topological polar surface area (TPSA) is 277 Å². The van der Waals surface area contributed by atoms with Crippen LogP contribution in [0.2, 0.25) is 0 Å². The molecule has 0 saturated heterocycles. The third-order valence-corrected chi connectivity index (χ3v) is 5.34. The Labute approximate surface area is 218 Å². The number of carbonyl (C=O) groups is 6. The minimum absolute atomic E-state index is 0.0495. The van der Waals surface area contributed by atoms with Gasteiger partial charge >= 0.3 is 11.9 Å². The van der Waals surface area contributed by atoms with Gasteiger partial charge in [0.25, 0.3) is 0 Å². The van der Waals surface area contributed by atoms with Crippen LogP contribution in [0.4, 0.5) is 0 Å². The van der Waals surface area contributed by atoms with Crippen molar-refractivity contribution >= 4 is 35.6 Å². The summed E-state index contributed by atoms with van der Waals surface area (Å²) in [5, 5.41) is 34.7. The number of aromatic hydroxyl groups is 1. The van der Waals surface area contributed by atoms with E-state index in [1.54, 1.807) is 0 Å². The van der Waals surface area contributed by atoms with E-state index < -0.39 is 72.6 Å². The molecule has 0 aliphatic carbocycles. The van der Waals surface area contributed by atoms with Crippen molar-refractivity contribution in [2.75, 3.05) is 6.54 Å². The molecule has 4 amide bonds. The van der Waals surface area contributed by atoms with Gasteiger partial charge in [0.15, 0.2) is 0 Å². The number of hydrogen-bond acceptors (Lipinski definition) is 9. The van der Waals surface area contributed by atoms with Crippen LogP contribution < -0.4 is 33.2 Å². The number of unbranched alkanes of at least 4 members (excludes halogenated alkanes) is 1. The van der Waals surface area contributed by atoms with Crippen LogP contribution in [0.5, 0.6) is 5.75 Å². The Morgan fingerprint density at radius 1 is 0.789 bits per heavy atom. The maximum Gasteiger partial charge on any atom is 0.326 e.